The van der Waals surface area contributed by atoms with Crippen LogP contribution in [0.3, 0.4) is 0 Å². The van der Waals surface area contributed by atoms with Gasteiger partial charge in [0.15, 0.2) is 5.13 Å². The van der Waals surface area contributed by atoms with E-state index in [1.54, 1.807) is 0 Å². The second-order valence-electron chi connectivity index (χ2n) is 6.41. The zero-order valence-corrected chi connectivity index (χ0v) is 13.5. The molecule has 0 amide bonds. The van der Waals surface area contributed by atoms with Crippen LogP contribution in [0.25, 0.3) is 10.2 Å². The van der Waals surface area contributed by atoms with E-state index in [1.807, 2.05) is 0 Å². The number of fused-ring (bicyclic) bond motifs is 1. The van der Waals surface area contributed by atoms with Crippen molar-refractivity contribution in [1.29, 1.82) is 0 Å². The molecule has 1 aliphatic heterocycles. The minimum Gasteiger partial charge on any atom is -0.345 e. The number of rotatable bonds is 3. The summed E-state index contributed by atoms with van der Waals surface area (Å²) in [6.07, 6.45) is -1.59. The molecule has 1 aromatic heterocycles. The molecular formula is C16H18F3N3S. The molecule has 0 spiro atoms. The molecule has 2 heterocycles. The van der Waals surface area contributed by atoms with Crippen LogP contribution in [0.4, 0.5) is 18.3 Å². The third-order valence-electron chi connectivity index (χ3n) is 4.56. The van der Waals surface area contributed by atoms with Gasteiger partial charge in [-0.15, -0.1) is 0 Å². The van der Waals surface area contributed by atoms with Crippen LogP contribution in [-0.4, -0.2) is 42.6 Å². The molecule has 0 N–H and O–H groups in total. The normalized spacial score (nSPS) is 20.4. The molecule has 1 saturated carbocycles. The zero-order chi connectivity index (χ0) is 16.0. The molecule has 124 valence electrons. The number of thiazole rings is 1. The highest BCUT2D eigenvalue weighted by Crippen LogP contribution is 2.35. The summed E-state index contributed by atoms with van der Waals surface area (Å²) in [6.45, 7) is 5.03. The molecule has 3 nitrogen and oxygen atoms in total. The van der Waals surface area contributed by atoms with E-state index in [2.05, 4.69) is 14.8 Å². The van der Waals surface area contributed by atoms with E-state index in [4.69, 9.17) is 0 Å². The summed E-state index contributed by atoms with van der Waals surface area (Å²) in [7, 11) is 0. The molecule has 0 atom stereocenters. The number of nitrogens with zero attached hydrogens (tertiary/aromatic N) is 3. The van der Waals surface area contributed by atoms with Gasteiger partial charge in [0.2, 0.25) is 0 Å². The van der Waals surface area contributed by atoms with Crippen molar-refractivity contribution >= 4 is 26.7 Å². The maximum atomic E-state index is 12.8. The van der Waals surface area contributed by atoms with E-state index in [-0.39, 0.29) is 0 Å². The number of alkyl halides is 3. The van der Waals surface area contributed by atoms with E-state index < -0.39 is 11.7 Å². The van der Waals surface area contributed by atoms with Gasteiger partial charge >= 0.3 is 6.18 Å². The summed E-state index contributed by atoms with van der Waals surface area (Å²) < 4.78 is 39.2. The van der Waals surface area contributed by atoms with Crippen LogP contribution in [0, 0.1) is 5.92 Å². The Bertz CT molecular complexity index is 700. The Kier molecular flexibility index (Phi) is 3.72. The van der Waals surface area contributed by atoms with Crippen molar-refractivity contribution in [1.82, 2.24) is 9.88 Å². The molecule has 1 aromatic carbocycles. The number of halogens is 3. The first kappa shape index (κ1) is 15.2. The average Bonchev–Trinajstić information content (AvgIpc) is 3.22. The number of piperazine rings is 1. The quantitative estimate of drug-likeness (QED) is 0.845. The van der Waals surface area contributed by atoms with Crippen LogP contribution in [0.1, 0.15) is 18.4 Å². The fraction of sp³-hybridized carbons (Fsp3) is 0.562. The summed E-state index contributed by atoms with van der Waals surface area (Å²) in [5, 5.41) is 0.838. The van der Waals surface area contributed by atoms with Gasteiger partial charge in [-0.3, -0.25) is 4.90 Å². The molecular weight excluding hydrogens is 323 g/mol. The summed E-state index contributed by atoms with van der Waals surface area (Å²) in [4.78, 5) is 9.12. The summed E-state index contributed by atoms with van der Waals surface area (Å²) in [5.74, 6) is 0.893. The van der Waals surface area contributed by atoms with Gasteiger partial charge in [-0.05, 0) is 37.0 Å². The monoisotopic (exact) mass is 341 g/mol. The number of aromatic nitrogens is 1. The van der Waals surface area contributed by atoms with Gasteiger partial charge in [0.25, 0.3) is 0 Å². The lowest BCUT2D eigenvalue weighted by molar-refractivity contribution is -0.137. The highest BCUT2D eigenvalue weighted by atomic mass is 32.1. The predicted molar refractivity (Wildman–Crippen MR) is 86.0 cm³/mol. The molecule has 2 aromatic rings. The topological polar surface area (TPSA) is 19.4 Å². The lowest BCUT2D eigenvalue weighted by Crippen LogP contribution is -2.47. The van der Waals surface area contributed by atoms with Crippen LogP contribution in [-0.2, 0) is 6.18 Å². The fourth-order valence-corrected chi connectivity index (χ4v) is 4.01. The highest BCUT2D eigenvalue weighted by Gasteiger charge is 2.31. The lowest BCUT2D eigenvalue weighted by Gasteiger charge is -2.34. The Labute approximate surface area is 136 Å². The predicted octanol–water partition coefficient (Wildman–Crippen LogP) is 3.85. The Morgan fingerprint density at radius 1 is 1.13 bits per heavy atom. The molecule has 0 unspecified atom stereocenters. The largest absolute Gasteiger partial charge is 0.416 e. The number of hydrogen-bond acceptors (Lipinski definition) is 4. The Morgan fingerprint density at radius 2 is 1.87 bits per heavy atom. The van der Waals surface area contributed by atoms with Gasteiger partial charge in [-0.1, -0.05) is 11.3 Å². The molecule has 2 aliphatic rings. The van der Waals surface area contributed by atoms with Crippen molar-refractivity contribution in [2.24, 2.45) is 5.92 Å². The minimum atomic E-state index is -4.31. The van der Waals surface area contributed by atoms with E-state index in [9.17, 15) is 13.2 Å². The smallest absolute Gasteiger partial charge is 0.345 e. The zero-order valence-electron chi connectivity index (χ0n) is 12.6. The third-order valence-corrected chi connectivity index (χ3v) is 5.66. The van der Waals surface area contributed by atoms with Crippen molar-refractivity contribution < 1.29 is 13.2 Å². The summed E-state index contributed by atoms with van der Waals surface area (Å²) >= 11 is 1.48. The first-order valence-electron chi connectivity index (χ1n) is 7.94. The highest BCUT2D eigenvalue weighted by molar-refractivity contribution is 7.22. The second kappa shape index (κ2) is 5.63. The van der Waals surface area contributed by atoms with Crippen LogP contribution in [0.2, 0.25) is 0 Å². The van der Waals surface area contributed by atoms with Gasteiger partial charge < -0.3 is 4.90 Å². The van der Waals surface area contributed by atoms with Gasteiger partial charge in [0.05, 0.1) is 15.8 Å². The van der Waals surface area contributed by atoms with E-state index in [0.29, 0.717) is 5.52 Å². The molecule has 0 bridgehead atoms. The molecule has 1 saturated heterocycles. The minimum absolute atomic E-state index is 0.445. The number of benzene rings is 1. The SMILES string of the molecule is FC(F)(F)c1ccc2sc(N3CCN(CC4CC4)CC3)nc2c1. The Hall–Kier alpha value is -1.34. The third kappa shape index (κ3) is 3.30. The van der Waals surface area contributed by atoms with Crippen molar-refractivity contribution in [2.45, 2.75) is 19.0 Å². The first-order valence-corrected chi connectivity index (χ1v) is 8.76. The Morgan fingerprint density at radius 3 is 2.52 bits per heavy atom. The van der Waals surface area contributed by atoms with Gasteiger partial charge in [0.1, 0.15) is 0 Å². The molecule has 7 heteroatoms. The lowest BCUT2D eigenvalue weighted by atomic mass is 10.2. The second-order valence-corrected chi connectivity index (χ2v) is 7.42. The molecule has 4 rings (SSSR count). The van der Waals surface area contributed by atoms with E-state index in [0.717, 1.165) is 54.1 Å². The maximum Gasteiger partial charge on any atom is 0.416 e. The van der Waals surface area contributed by atoms with Crippen molar-refractivity contribution in [2.75, 3.05) is 37.6 Å². The first-order chi connectivity index (χ1) is 11.0. The molecule has 0 radical (unpaired) electrons. The van der Waals surface area contributed by atoms with Crippen molar-refractivity contribution in [3.8, 4) is 0 Å². The van der Waals surface area contributed by atoms with E-state index in [1.165, 1.54) is 36.8 Å². The average molecular weight is 341 g/mol. The van der Waals surface area contributed by atoms with Crippen LogP contribution in [0.5, 0.6) is 0 Å². The van der Waals surface area contributed by atoms with Crippen molar-refractivity contribution in [3.63, 3.8) is 0 Å². The molecule has 1 aliphatic carbocycles. The van der Waals surface area contributed by atoms with Crippen LogP contribution < -0.4 is 4.90 Å². The van der Waals surface area contributed by atoms with Crippen LogP contribution >= 0.6 is 11.3 Å². The van der Waals surface area contributed by atoms with E-state index >= 15 is 0 Å². The number of hydrogen-bond donors (Lipinski definition) is 0. The van der Waals surface area contributed by atoms with Gasteiger partial charge in [-0.2, -0.15) is 13.2 Å². The van der Waals surface area contributed by atoms with Gasteiger partial charge in [0, 0.05) is 32.7 Å². The summed E-state index contributed by atoms with van der Waals surface area (Å²) in [5.41, 5.74) is -0.184. The van der Waals surface area contributed by atoms with Crippen LogP contribution in [0.15, 0.2) is 18.2 Å². The van der Waals surface area contributed by atoms with Crippen molar-refractivity contribution in [3.05, 3.63) is 23.8 Å². The summed E-state index contributed by atoms with van der Waals surface area (Å²) in [6, 6.07) is 3.82. The fourth-order valence-electron chi connectivity index (χ4n) is 3.01. The maximum absolute atomic E-state index is 12.8. The standard InChI is InChI=1S/C16H18F3N3S/c17-16(18,19)12-3-4-14-13(9-12)20-15(23-14)22-7-5-21(6-8-22)10-11-1-2-11/h3-4,9,11H,1-2,5-8,10H2. The number of anilines is 1. The van der Waals surface area contributed by atoms with Gasteiger partial charge in [-0.25, -0.2) is 4.98 Å². The molecule has 2 fully saturated rings. The Balaban J connectivity index is 1.48. The molecule has 23 heavy (non-hydrogen) atoms.